The first kappa shape index (κ1) is 21.7. The summed E-state index contributed by atoms with van der Waals surface area (Å²) in [6.45, 7) is 9.22. The van der Waals surface area contributed by atoms with Gasteiger partial charge >= 0.3 is 0 Å². The smallest absolute Gasteiger partial charge is 0.256 e. The van der Waals surface area contributed by atoms with E-state index in [2.05, 4.69) is 17.1 Å². The summed E-state index contributed by atoms with van der Waals surface area (Å²) in [4.78, 5) is 15.0. The Morgan fingerprint density at radius 3 is 2.67 bits per heavy atom. The Balaban J connectivity index is 1.75. The highest BCUT2D eigenvalue weighted by Gasteiger charge is 2.32. The second-order valence-corrected chi connectivity index (χ2v) is 7.75. The molecule has 1 N–H and O–H groups in total. The van der Waals surface area contributed by atoms with Crippen LogP contribution in [0, 0.1) is 0 Å². The van der Waals surface area contributed by atoms with E-state index in [9.17, 15) is 4.79 Å². The van der Waals surface area contributed by atoms with Gasteiger partial charge in [0.05, 0.1) is 6.61 Å². The Morgan fingerprint density at radius 2 is 2.04 bits per heavy atom. The Morgan fingerprint density at radius 1 is 1.30 bits per heavy atom. The summed E-state index contributed by atoms with van der Waals surface area (Å²) in [7, 11) is 1.58. The van der Waals surface area contributed by atoms with Gasteiger partial charge in [-0.3, -0.25) is 4.79 Å². The van der Waals surface area contributed by atoms with Crippen molar-refractivity contribution >= 4 is 11.6 Å². The van der Waals surface area contributed by atoms with Crippen LogP contribution in [-0.4, -0.2) is 49.3 Å². The van der Waals surface area contributed by atoms with E-state index in [4.69, 9.17) is 9.47 Å². The monoisotopic (exact) mass is 376 g/mol. The van der Waals surface area contributed by atoms with Gasteiger partial charge in [0.1, 0.15) is 11.4 Å². The lowest BCUT2D eigenvalue weighted by molar-refractivity contribution is -0.136. The molecule has 152 valence electrons. The molecular weight excluding hydrogens is 340 g/mol. The molecule has 0 saturated carbocycles. The fourth-order valence-electron chi connectivity index (χ4n) is 3.63. The Kier molecular flexibility index (Phi) is 8.58. The van der Waals surface area contributed by atoms with E-state index in [1.165, 1.54) is 25.8 Å². The van der Waals surface area contributed by atoms with Crippen molar-refractivity contribution in [2.45, 2.75) is 70.9 Å². The van der Waals surface area contributed by atoms with Crippen molar-refractivity contribution in [3.05, 3.63) is 24.3 Å². The molecule has 5 nitrogen and oxygen atoms in total. The number of rotatable bonds is 10. The molecule has 1 saturated heterocycles. The molecule has 2 rings (SSSR count). The SMILES string of the molecule is CCC[C@@](C)(OC)C(=O)Nc1ccc(OCCCN2CCCC[C@H]2C)cc1. The normalized spacial score (nSPS) is 20.1. The number of benzene rings is 1. The average Bonchev–Trinajstić information content (AvgIpc) is 2.67. The van der Waals surface area contributed by atoms with Crippen molar-refractivity contribution in [3.63, 3.8) is 0 Å². The molecule has 0 unspecified atom stereocenters. The summed E-state index contributed by atoms with van der Waals surface area (Å²) in [5.74, 6) is 0.721. The first-order chi connectivity index (χ1) is 13.0. The molecular formula is C22H36N2O3. The van der Waals surface area contributed by atoms with Gasteiger partial charge in [0.25, 0.3) is 5.91 Å². The molecule has 1 aliphatic rings. The van der Waals surface area contributed by atoms with Crippen molar-refractivity contribution < 1.29 is 14.3 Å². The van der Waals surface area contributed by atoms with Crippen LogP contribution >= 0.6 is 0 Å². The summed E-state index contributed by atoms with van der Waals surface area (Å²) in [5.41, 5.74) is -0.0379. The number of hydrogen-bond donors (Lipinski definition) is 1. The van der Waals surface area contributed by atoms with Crippen LogP contribution in [0.3, 0.4) is 0 Å². The minimum atomic E-state index is -0.796. The lowest BCUT2D eigenvalue weighted by Gasteiger charge is -2.33. The van der Waals surface area contributed by atoms with Crippen molar-refractivity contribution in [2.24, 2.45) is 0 Å². The van der Waals surface area contributed by atoms with Crippen LogP contribution in [0.5, 0.6) is 5.75 Å². The molecule has 0 aromatic heterocycles. The molecule has 1 fully saturated rings. The van der Waals surface area contributed by atoms with Gasteiger partial charge in [-0.2, -0.15) is 0 Å². The van der Waals surface area contributed by atoms with Gasteiger partial charge in [0.15, 0.2) is 0 Å². The van der Waals surface area contributed by atoms with Crippen LogP contribution in [-0.2, 0) is 9.53 Å². The number of carbonyl (C=O) groups excluding carboxylic acids is 1. The van der Waals surface area contributed by atoms with E-state index < -0.39 is 5.60 Å². The van der Waals surface area contributed by atoms with E-state index in [1.807, 2.05) is 38.1 Å². The second kappa shape index (κ2) is 10.7. The molecule has 0 bridgehead atoms. The number of nitrogens with zero attached hydrogens (tertiary/aromatic N) is 1. The van der Waals surface area contributed by atoms with Gasteiger partial charge < -0.3 is 19.7 Å². The van der Waals surface area contributed by atoms with Crippen LogP contribution < -0.4 is 10.1 Å². The maximum Gasteiger partial charge on any atom is 0.256 e. The fraction of sp³-hybridized carbons (Fsp3) is 0.682. The van der Waals surface area contributed by atoms with E-state index in [0.29, 0.717) is 19.1 Å². The lowest BCUT2D eigenvalue weighted by atomic mass is 9.99. The largest absolute Gasteiger partial charge is 0.494 e. The topological polar surface area (TPSA) is 50.8 Å². The zero-order valence-corrected chi connectivity index (χ0v) is 17.4. The number of hydrogen-bond acceptors (Lipinski definition) is 4. The molecule has 1 aromatic carbocycles. The summed E-state index contributed by atoms with van der Waals surface area (Å²) >= 11 is 0. The first-order valence-electron chi connectivity index (χ1n) is 10.3. The highest BCUT2D eigenvalue weighted by Crippen LogP contribution is 2.22. The molecule has 2 atom stereocenters. The van der Waals surface area contributed by atoms with Crippen molar-refractivity contribution in [2.75, 3.05) is 32.1 Å². The minimum absolute atomic E-state index is 0.115. The predicted molar refractivity (Wildman–Crippen MR) is 110 cm³/mol. The highest BCUT2D eigenvalue weighted by molar-refractivity contribution is 5.97. The second-order valence-electron chi connectivity index (χ2n) is 7.75. The van der Waals surface area contributed by atoms with Crippen LogP contribution in [0.2, 0.25) is 0 Å². The van der Waals surface area contributed by atoms with Crippen molar-refractivity contribution in [3.8, 4) is 5.75 Å². The van der Waals surface area contributed by atoms with E-state index in [1.54, 1.807) is 7.11 Å². The summed E-state index contributed by atoms with van der Waals surface area (Å²) in [5, 5.41) is 2.93. The van der Waals surface area contributed by atoms with Crippen LogP contribution in [0.1, 0.15) is 59.3 Å². The quantitative estimate of drug-likeness (QED) is 0.612. The molecule has 1 aromatic rings. The van der Waals surface area contributed by atoms with Gasteiger partial charge in [-0.05, 0) is 70.3 Å². The van der Waals surface area contributed by atoms with Crippen LogP contribution in [0.4, 0.5) is 5.69 Å². The molecule has 5 heteroatoms. The van der Waals surface area contributed by atoms with Crippen molar-refractivity contribution in [1.29, 1.82) is 0 Å². The van der Waals surface area contributed by atoms with Gasteiger partial charge in [-0.15, -0.1) is 0 Å². The number of amides is 1. The van der Waals surface area contributed by atoms with Crippen LogP contribution in [0.15, 0.2) is 24.3 Å². The van der Waals surface area contributed by atoms with Gasteiger partial charge in [-0.1, -0.05) is 19.8 Å². The Hall–Kier alpha value is -1.59. The molecule has 0 spiro atoms. The molecule has 1 amide bonds. The van der Waals surface area contributed by atoms with E-state index in [-0.39, 0.29) is 5.91 Å². The summed E-state index contributed by atoms with van der Waals surface area (Å²) < 4.78 is 11.3. The summed E-state index contributed by atoms with van der Waals surface area (Å²) in [6.07, 6.45) is 6.60. The number of likely N-dealkylation sites (tertiary alicyclic amines) is 1. The third-order valence-corrected chi connectivity index (χ3v) is 5.57. The third-order valence-electron chi connectivity index (χ3n) is 5.57. The standard InChI is InChI=1S/C22H36N2O3/c1-5-14-22(3,26-4)21(25)23-19-10-12-20(13-11-19)27-17-8-16-24-15-7-6-9-18(24)2/h10-13,18H,5-9,14-17H2,1-4H3,(H,23,25)/t18-,22-/m1/s1. The molecule has 27 heavy (non-hydrogen) atoms. The zero-order valence-electron chi connectivity index (χ0n) is 17.4. The van der Waals surface area contributed by atoms with E-state index in [0.717, 1.165) is 30.8 Å². The highest BCUT2D eigenvalue weighted by atomic mass is 16.5. The molecule has 1 heterocycles. The Labute approximate surface area is 164 Å². The zero-order chi connectivity index (χ0) is 19.7. The number of piperidine rings is 1. The van der Waals surface area contributed by atoms with Gasteiger partial charge in [-0.25, -0.2) is 0 Å². The fourth-order valence-corrected chi connectivity index (χ4v) is 3.63. The number of methoxy groups -OCH3 is 1. The number of carbonyl (C=O) groups is 1. The lowest BCUT2D eigenvalue weighted by Crippen LogP contribution is -2.41. The Bertz CT molecular complexity index is 575. The maximum absolute atomic E-state index is 12.5. The minimum Gasteiger partial charge on any atom is -0.494 e. The predicted octanol–water partition coefficient (Wildman–Crippen LogP) is 4.47. The van der Waals surface area contributed by atoms with E-state index >= 15 is 0 Å². The maximum atomic E-state index is 12.5. The van der Waals surface area contributed by atoms with Crippen molar-refractivity contribution in [1.82, 2.24) is 4.90 Å². The molecule has 1 aliphatic heterocycles. The average molecular weight is 377 g/mol. The molecule has 0 radical (unpaired) electrons. The van der Waals surface area contributed by atoms with Crippen LogP contribution in [0.25, 0.3) is 0 Å². The third kappa shape index (κ3) is 6.51. The first-order valence-corrected chi connectivity index (χ1v) is 10.3. The number of ether oxygens (including phenoxy) is 2. The van der Waals surface area contributed by atoms with Gasteiger partial charge in [0, 0.05) is 25.4 Å². The summed E-state index contributed by atoms with van der Waals surface area (Å²) in [6, 6.07) is 8.27. The van der Waals surface area contributed by atoms with Gasteiger partial charge in [0.2, 0.25) is 0 Å². The molecule has 0 aliphatic carbocycles. The number of anilines is 1. The number of nitrogens with one attached hydrogen (secondary N) is 1.